The van der Waals surface area contributed by atoms with E-state index in [2.05, 4.69) is 5.32 Å². The van der Waals surface area contributed by atoms with Crippen molar-refractivity contribution in [3.05, 3.63) is 51.2 Å². The zero-order chi connectivity index (χ0) is 15.4. The summed E-state index contributed by atoms with van der Waals surface area (Å²) in [6.45, 7) is 3.96. The van der Waals surface area contributed by atoms with Crippen molar-refractivity contribution in [1.29, 1.82) is 0 Å². The molecule has 0 saturated carbocycles. The molecule has 0 atom stereocenters. The van der Waals surface area contributed by atoms with Crippen LogP contribution in [0.2, 0.25) is 0 Å². The minimum atomic E-state index is -0.847. The summed E-state index contributed by atoms with van der Waals surface area (Å²) in [6.07, 6.45) is 0.443. The van der Waals surface area contributed by atoms with Gasteiger partial charge in [-0.15, -0.1) is 11.3 Å². The third kappa shape index (κ3) is 3.92. The van der Waals surface area contributed by atoms with Gasteiger partial charge in [-0.2, -0.15) is 0 Å². The molecule has 5 heteroatoms. The molecule has 0 saturated heterocycles. The van der Waals surface area contributed by atoms with E-state index < -0.39 is 5.97 Å². The fourth-order valence-electron chi connectivity index (χ4n) is 1.97. The van der Waals surface area contributed by atoms with E-state index in [-0.39, 0.29) is 12.3 Å². The van der Waals surface area contributed by atoms with Crippen LogP contribution in [0, 0.1) is 13.8 Å². The molecule has 0 radical (unpaired) electrons. The number of carboxylic acid groups (broad SMARTS) is 1. The standard InChI is InChI=1S/C16H17NO3S/c1-10-9-14(21-11(10)2)16(20)17-13-6-4-3-5-12(13)7-8-15(18)19/h3-6,9H,7-8H2,1-2H3,(H,17,20)(H,18,19). The van der Waals surface area contributed by atoms with Crippen LogP contribution in [-0.4, -0.2) is 17.0 Å². The first kappa shape index (κ1) is 15.3. The smallest absolute Gasteiger partial charge is 0.303 e. The first-order chi connectivity index (χ1) is 9.97. The number of aryl methyl sites for hydroxylation is 3. The molecule has 0 bridgehead atoms. The molecule has 0 fully saturated rings. The summed E-state index contributed by atoms with van der Waals surface area (Å²) in [5.74, 6) is -1.00. The van der Waals surface area contributed by atoms with Crippen LogP contribution in [-0.2, 0) is 11.2 Å². The SMILES string of the molecule is Cc1cc(C(=O)Nc2ccccc2CCC(=O)O)sc1C. The normalized spacial score (nSPS) is 10.4. The second-order valence-electron chi connectivity index (χ2n) is 4.85. The number of carbonyl (C=O) groups excluding carboxylic acids is 1. The number of carbonyl (C=O) groups is 2. The van der Waals surface area contributed by atoms with Gasteiger partial charge in [0.2, 0.25) is 0 Å². The minimum absolute atomic E-state index is 0.0457. The van der Waals surface area contributed by atoms with Crippen LogP contribution >= 0.6 is 11.3 Å². The van der Waals surface area contributed by atoms with Gasteiger partial charge in [-0.3, -0.25) is 9.59 Å². The zero-order valence-corrected chi connectivity index (χ0v) is 12.8. The molecule has 1 amide bonds. The molecule has 4 nitrogen and oxygen atoms in total. The Morgan fingerprint density at radius 3 is 2.57 bits per heavy atom. The Balaban J connectivity index is 2.15. The molecule has 1 heterocycles. The van der Waals surface area contributed by atoms with Crippen molar-refractivity contribution in [2.24, 2.45) is 0 Å². The Hall–Kier alpha value is -2.14. The third-order valence-corrected chi connectivity index (χ3v) is 4.41. The van der Waals surface area contributed by atoms with Crippen molar-refractivity contribution in [2.75, 3.05) is 5.32 Å². The molecule has 0 aliphatic rings. The Labute approximate surface area is 127 Å². The number of rotatable bonds is 5. The molecule has 0 aliphatic heterocycles. The van der Waals surface area contributed by atoms with Crippen LogP contribution in [0.3, 0.4) is 0 Å². The fraction of sp³-hybridized carbons (Fsp3) is 0.250. The number of thiophene rings is 1. The second kappa shape index (κ2) is 6.54. The first-order valence-corrected chi connectivity index (χ1v) is 7.47. The van der Waals surface area contributed by atoms with Gasteiger partial charge in [0, 0.05) is 17.0 Å². The molecule has 0 spiro atoms. The van der Waals surface area contributed by atoms with E-state index in [9.17, 15) is 9.59 Å². The summed E-state index contributed by atoms with van der Waals surface area (Å²) >= 11 is 1.46. The van der Waals surface area contributed by atoms with Crippen molar-refractivity contribution >= 4 is 28.9 Å². The zero-order valence-electron chi connectivity index (χ0n) is 12.0. The van der Waals surface area contributed by atoms with Crippen molar-refractivity contribution in [3.63, 3.8) is 0 Å². The van der Waals surface area contributed by atoms with E-state index in [1.165, 1.54) is 11.3 Å². The van der Waals surface area contributed by atoms with Crippen molar-refractivity contribution in [1.82, 2.24) is 0 Å². The average Bonchev–Trinajstić information content (AvgIpc) is 2.78. The van der Waals surface area contributed by atoms with Crippen LogP contribution < -0.4 is 5.32 Å². The lowest BCUT2D eigenvalue weighted by molar-refractivity contribution is -0.136. The Bertz CT molecular complexity index is 656. The van der Waals surface area contributed by atoms with Gasteiger partial charge >= 0.3 is 5.97 Å². The number of nitrogens with one attached hydrogen (secondary N) is 1. The maximum atomic E-state index is 12.3. The van der Waals surface area contributed by atoms with Gasteiger partial charge < -0.3 is 10.4 Å². The summed E-state index contributed by atoms with van der Waals surface area (Å²) in [7, 11) is 0. The maximum Gasteiger partial charge on any atom is 0.303 e. The lowest BCUT2D eigenvalue weighted by Gasteiger charge is -2.09. The number of anilines is 1. The summed E-state index contributed by atoms with van der Waals surface area (Å²) in [4.78, 5) is 24.7. The van der Waals surface area contributed by atoms with Crippen LogP contribution in [0.25, 0.3) is 0 Å². The Kier molecular flexibility index (Phi) is 4.75. The van der Waals surface area contributed by atoms with Gasteiger partial charge in [0.1, 0.15) is 0 Å². The summed E-state index contributed by atoms with van der Waals surface area (Å²) in [5.41, 5.74) is 2.61. The maximum absolute atomic E-state index is 12.3. The van der Waals surface area contributed by atoms with Crippen molar-refractivity contribution in [2.45, 2.75) is 26.7 Å². The van der Waals surface area contributed by atoms with E-state index in [1.54, 1.807) is 6.07 Å². The molecular formula is C16H17NO3S. The fourth-order valence-corrected chi connectivity index (χ4v) is 2.90. The predicted octanol–water partition coefficient (Wildman–Crippen LogP) is 3.63. The van der Waals surface area contributed by atoms with Gasteiger partial charge in [0.15, 0.2) is 0 Å². The van der Waals surface area contributed by atoms with Crippen LogP contribution in [0.1, 0.15) is 32.1 Å². The largest absolute Gasteiger partial charge is 0.481 e. The molecule has 0 unspecified atom stereocenters. The molecular weight excluding hydrogens is 286 g/mol. The molecule has 21 heavy (non-hydrogen) atoms. The highest BCUT2D eigenvalue weighted by Crippen LogP contribution is 2.23. The number of amides is 1. The van der Waals surface area contributed by atoms with E-state index in [1.807, 2.05) is 38.1 Å². The predicted molar refractivity (Wildman–Crippen MR) is 84.1 cm³/mol. The second-order valence-corrected chi connectivity index (χ2v) is 6.11. The van der Waals surface area contributed by atoms with Gasteiger partial charge in [0.25, 0.3) is 5.91 Å². The van der Waals surface area contributed by atoms with Crippen LogP contribution in [0.5, 0.6) is 0 Å². The third-order valence-electron chi connectivity index (χ3n) is 3.26. The van der Waals surface area contributed by atoms with Gasteiger partial charge in [-0.1, -0.05) is 18.2 Å². The monoisotopic (exact) mass is 303 g/mol. The minimum Gasteiger partial charge on any atom is -0.481 e. The highest BCUT2D eigenvalue weighted by Gasteiger charge is 2.12. The molecule has 1 aromatic carbocycles. The first-order valence-electron chi connectivity index (χ1n) is 6.65. The number of aliphatic carboxylic acids is 1. The van der Waals surface area contributed by atoms with Crippen molar-refractivity contribution < 1.29 is 14.7 Å². The number of hydrogen-bond acceptors (Lipinski definition) is 3. The topological polar surface area (TPSA) is 66.4 Å². The summed E-state index contributed by atoms with van der Waals surface area (Å²) in [5, 5.41) is 11.6. The molecule has 110 valence electrons. The lowest BCUT2D eigenvalue weighted by atomic mass is 10.1. The van der Waals surface area contributed by atoms with Gasteiger partial charge in [0.05, 0.1) is 4.88 Å². The molecule has 2 aromatic rings. The van der Waals surface area contributed by atoms with Gasteiger partial charge in [-0.05, 0) is 43.5 Å². The van der Waals surface area contributed by atoms with E-state index in [0.717, 1.165) is 16.0 Å². The van der Waals surface area contributed by atoms with Crippen molar-refractivity contribution in [3.8, 4) is 0 Å². The molecule has 2 rings (SSSR count). The molecule has 0 aliphatic carbocycles. The van der Waals surface area contributed by atoms with Crippen LogP contribution in [0.4, 0.5) is 5.69 Å². The number of hydrogen-bond donors (Lipinski definition) is 2. The lowest BCUT2D eigenvalue weighted by Crippen LogP contribution is -2.12. The molecule has 1 aromatic heterocycles. The van der Waals surface area contributed by atoms with Gasteiger partial charge in [-0.25, -0.2) is 0 Å². The number of benzene rings is 1. The molecule has 2 N–H and O–H groups in total. The Morgan fingerprint density at radius 2 is 1.95 bits per heavy atom. The quantitative estimate of drug-likeness (QED) is 0.886. The highest BCUT2D eigenvalue weighted by atomic mass is 32.1. The highest BCUT2D eigenvalue weighted by molar-refractivity contribution is 7.14. The van der Waals surface area contributed by atoms with E-state index >= 15 is 0 Å². The average molecular weight is 303 g/mol. The van der Waals surface area contributed by atoms with Crippen LogP contribution in [0.15, 0.2) is 30.3 Å². The summed E-state index contributed by atoms with van der Waals surface area (Å²) in [6, 6.07) is 9.16. The summed E-state index contributed by atoms with van der Waals surface area (Å²) < 4.78 is 0. The van der Waals surface area contributed by atoms with E-state index in [0.29, 0.717) is 17.0 Å². The van der Waals surface area contributed by atoms with E-state index in [4.69, 9.17) is 5.11 Å². The number of para-hydroxylation sites is 1. The number of carboxylic acids is 1. The Morgan fingerprint density at radius 1 is 1.24 bits per heavy atom.